The van der Waals surface area contributed by atoms with Gasteiger partial charge in [-0.25, -0.2) is 0 Å². The fraction of sp³-hybridized carbons (Fsp3) is 0.571. The minimum Gasteiger partial charge on any atom is -0.393 e. The summed E-state index contributed by atoms with van der Waals surface area (Å²) in [6.45, 7) is 4.33. The summed E-state index contributed by atoms with van der Waals surface area (Å²) < 4.78 is 0. The molecule has 3 heteroatoms. The van der Waals surface area contributed by atoms with E-state index in [-0.39, 0.29) is 6.10 Å². The van der Waals surface area contributed by atoms with Crippen LogP contribution < -0.4 is 0 Å². The van der Waals surface area contributed by atoms with Gasteiger partial charge in [-0.1, -0.05) is 56.0 Å². The minimum atomic E-state index is -0.294. The number of hydrogen-bond donors (Lipinski definition) is 1. The first kappa shape index (κ1) is 14.8. The molecule has 1 nitrogen and oxygen atoms in total. The normalized spacial score (nSPS) is 13.1. The summed E-state index contributed by atoms with van der Waals surface area (Å²) in [5, 5.41) is 11.1. The van der Waals surface area contributed by atoms with Gasteiger partial charge < -0.3 is 5.11 Å². The molecule has 1 atom stereocenters. The Balaban J connectivity index is 2.55. The van der Waals surface area contributed by atoms with E-state index in [1.165, 1.54) is 0 Å². The molecule has 1 rings (SSSR count). The summed E-state index contributed by atoms with van der Waals surface area (Å²) in [5.41, 5.74) is 1.04. The quantitative estimate of drug-likeness (QED) is 0.796. The third kappa shape index (κ3) is 4.87. The number of benzene rings is 1. The van der Waals surface area contributed by atoms with Gasteiger partial charge in [0.2, 0.25) is 0 Å². The molecule has 17 heavy (non-hydrogen) atoms. The third-order valence-electron chi connectivity index (χ3n) is 3.22. The highest BCUT2D eigenvalue weighted by Crippen LogP contribution is 2.24. The average Bonchev–Trinajstić information content (AvgIpc) is 2.31. The fourth-order valence-electron chi connectivity index (χ4n) is 2.03. The fourth-order valence-corrected chi connectivity index (χ4v) is 2.35. The highest BCUT2D eigenvalue weighted by molar-refractivity contribution is 6.42. The lowest BCUT2D eigenvalue weighted by molar-refractivity contribution is 0.139. The lowest BCUT2D eigenvalue weighted by atomic mass is 9.93. The number of aliphatic hydroxyl groups excluding tert-OH is 1. The highest BCUT2D eigenvalue weighted by Gasteiger charge is 2.12. The number of rotatable bonds is 6. The molecule has 0 saturated carbocycles. The lowest BCUT2D eigenvalue weighted by Gasteiger charge is -2.17. The van der Waals surface area contributed by atoms with Crippen LogP contribution in [0.2, 0.25) is 10.0 Å². The van der Waals surface area contributed by atoms with Crippen LogP contribution in [0, 0.1) is 5.92 Å². The molecule has 1 N–H and O–H groups in total. The Morgan fingerprint density at radius 2 is 1.76 bits per heavy atom. The Morgan fingerprint density at radius 1 is 1.12 bits per heavy atom. The van der Waals surface area contributed by atoms with E-state index in [4.69, 9.17) is 23.2 Å². The van der Waals surface area contributed by atoms with Crippen LogP contribution in [0.3, 0.4) is 0 Å². The molecule has 0 aliphatic rings. The zero-order valence-corrected chi connectivity index (χ0v) is 11.9. The molecule has 0 bridgehead atoms. The molecular formula is C14H20Cl2O. The predicted octanol–water partition coefficient (Wildman–Crippen LogP) is 4.72. The first-order chi connectivity index (χ1) is 8.06. The molecule has 1 aromatic rings. The van der Waals surface area contributed by atoms with Crippen molar-refractivity contribution >= 4 is 23.2 Å². The van der Waals surface area contributed by atoms with Crippen LogP contribution in [0.1, 0.15) is 38.7 Å². The van der Waals surface area contributed by atoms with E-state index < -0.39 is 0 Å². The average molecular weight is 275 g/mol. The van der Waals surface area contributed by atoms with Crippen LogP contribution in [0.25, 0.3) is 0 Å². The van der Waals surface area contributed by atoms with Crippen molar-refractivity contribution in [1.82, 2.24) is 0 Å². The van der Waals surface area contributed by atoms with Crippen molar-refractivity contribution in [1.29, 1.82) is 0 Å². The van der Waals surface area contributed by atoms with Gasteiger partial charge in [-0.15, -0.1) is 0 Å². The minimum absolute atomic E-state index is 0.294. The summed E-state index contributed by atoms with van der Waals surface area (Å²) in [6, 6.07) is 5.54. The van der Waals surface area contributed by atoms with Gasteiger partial charge in [-0.05, 0) is 36.5 Å². The Kier molecular flexibility index (Phi) is 6.32. The SMILES string of the molecule is CCC(CC)CC(O)Cc1ccc(Cl)c(Cl)c1. The second kappa shape index (κ2) is 7.25. The van der Waals surface area contributed by atoms with Crippen LogP contribution in [0.5, 0.6) is 0 Å². The summed E-state index contributed by atoms with van der Waals surface area (Å²) in [4.78, 5) is 0. The summed E-state index contributed by atoms with van der Waals surface area (Å²) in [5.74, 6) is 0.604. The molecule has 96 valence electrons. The van der Waals surface area contributed by atoms with Crippen molar-refractivity contribution in [2.45, 2.75) is 45.6 Å². The van der Waals surface area contributed by atoms with Gasteiger partial charge in [0, 0.05) is 0 Å². The third-order valence-corrected chi connectivity index (χ3v) is 3.95. The predicted molar refractivity (Wildman–Crippen MR) is 74.9 cm³/mol. The molecular weight excluding hydrogens is 255 g/mol. The standard InChI is InChI=1S/C14H20Cl2O/c1-3-10(4-2)7-12(17)8-11-5-6-13(15)14(16)9-11/h5-6,9-10,12,17H,3-4,7-8H2,1-2H3. The van der Waals surface area contributed by atoms with Crippen LogP contribution in [0.15, 0.2) is 18.2 Å². The van der Waals surface area contributed by atoms with Crippen molar-refractivity contribution in [2.75, 3.05) is 0 Å². The first-order valence-electron chi connectivity index (χ1n) is 6.18. The first-order valence-corrected chi connectivity index (χ1v) is 6.94. The molecule has 0 spiro atoms. The van der Waals surface area contributed by atoms with Crippen LogP contribution in [-0.2, 0) is 6.42 Å². The maximum atomic E-state index is 10.0. The van der Waals surface area contributed by atoms with Crippen LogP contribution in [-0.4, -0.2) is 11.2 Å². The van der Waals surface area contributed by atoms with Crippen molar-refractivity contribution < 1.29 is 5.11 Å². The monoisotopic (exact) mass is 274 g/mol. The number of hydrogen-bond acceptors (Lipinski definition) is 1. The Labute approximate surface area is 114 Å². The zero-order chi connectivity index (χ0) is 12.8. The van der Waals surface area contributed by atoms with Gasteiger partial charge in [0.15, 0.2) is 0 Å². The van der Waals surface area contributed by atoms with Gasteiger partial charge >= 0.3 is 0 Å². The molecule has 0 heterocycles. The lowest BCUT2D eigenvalue weighted by Crippen LogP contribution is -2.15. The maximum Gasteiger partial charge on any atom is 0.0595 e. The van der Waals surface area contributed by atoms with E-state index in [2.05, 4.69) is 13.8 Å². The Bertz CT molecular complexity index is 348. The molecule has 1 aromatic carbocycles. The second-order valence-electron chi connectivity index (χ2n) is 4.52. The van der Waals surface area contributed by atoms with E-state index in [0.717, 1.165) is 24.8 Å². The largest absolute Gasteiger partial charge is 0.393 e. The van der Waals surface area contributed by atoms with Crippen molar-refractivity contribution in [2.24, 2.45) is 5.92 Å². The van der Waals surface area contributed by atoms with Gasteiger partial charge in [-0.2, -0.15) is 0 Å². The molecule has 0 radical (unpaired) electrons. The maximum absolute atomic E-state index is 10.0. The smallest absolute Gasteiger partial charge is 0.0595 e. The van der Waals surface area contributed by atoms with Crippen molar-refractivity contribution in [3.05, 3.63) is 33.8 Å². The molecule has 0 fully saturated rings. The highest BCUT2D eigenvalue weighted by atomic mass is 35.5. The van der Waals surface area contributed by atoms with Crippen molar-refractivity contribution in [3.63, 3.8) is 0 Å². The molecule has 0 aliphatic carbocycles. The van der Waals surface area contributed by atoms with Crippen LogP contribution in [0.4, 0.5) is 0 Å². The number of aliphatic hydroxyl groups is 1. The van der Waals surface area contributed by atoms with E-state index >= 15 is 0 Å². The topological polar surface area (TPSA) is 20.2 Å². The van der Waals surface area contributed by atoms with Gasteiger partial charge in [0.25, 0.3) is 0 Å². The summed E-state index contributed by atoms with van der Waals surface area (Å²) in [7, 11) is 0. The van der Waals surface area contributed by atoms with E-state index in [9.17, 15) is 5.11 Å². The van der Waals surface area contributed by atoms with E-state index in [1.54, 1.807) is 6.07 Å². The van der Waals surface area contributed by atoms with Crippen LogP contribution >= 0.6 is 23.2 Å². The molecule has 0 saturated heterocycles. The molecule has 0 aromatic heterocycles. The van der Waals surface area contributed by atoms with Crippen molar-refractivity contribution in [3.8, 4) is 0 Å². The molecule has 1 unspecified atom stereocenters. The summed E-state index contributed by atoms with van der Waals surface area (Å²) >= 11 is 11.8. The van der Waals surface area contributed by atoms with Gasteiger partial charge in [0.05, 0.1) is 16.1 Å². The Hall–Kier alpha value is -0.240. The second-order valence-corrected chi connectivity index (χ2v) is 5.34. The van der Waals surface area contributed by atoms with E-state index in [1.807, 2.05) is 12.1 Å². The molecule has 0 amide bonds. The summed E-state index contributed by atoms with van der Waals surface area (Å²) in [6.07, 6.45) is 3.45. The Morgan fingerprint density at radius 3 is 2.29 bits per heavy atom. The van der Waals surface area contributed by atoms with E-state index in [0.29, 0.717) is 22.4 Å². The van der Waals surface area contributed by atoms with Gasteiger partial charge in [-0.3, -0.25) is 0 Å². The number of halogens is 2. The molecule has 0 aliphatic heterocycles. The van der Waals surface area contributed by atoms with Gasteiger partial charge in [0.1, 0.15) is 0 Å². The zero-order valence-electron chi connectivity index (χ0n) is 10.4.